The van der Waals surface area contributed by atoms with Crippen LogP contribution in [0.3, 0.4) is 0 Å². The molecule has 1 amide bonds. The first kappa shape index (κ1) is 24.9. The van der Waals surface area contributed by atoms with Gasteiger partial charge in [0, 0.05) is 18.9 Å². The molecule has 0 radical (unpaired) electrons. The monoisotopic (exact) mass is 464 g/mol. The second kappa shape index (κ2) is 10.6. The molecule has 1 aliphatic carbocycles. The van der Waals surface area contributed by atoms with Crippen molar-refractivity contribution in [1.82, 2.24) is 10.2 Å². The Morgan fingerprint density at radius 3 is 2.59 bits per heavy atom. The first-order chi connectivity index (χ1) is 16.3. The minimum absolute atomic E-state index is 0.0173. The van der Waals surface area contributed by atoms with Gasteiger partial charge in [0.1, 0.15) is 5.72 Å². The van der Waals surface area contributed by atoms with Gasteiger partial charge in [-0.15, -0.1) is 0 Å². The number of aliphatic hydroxyl groups excluding tert-OH is 1. The van der Waals surface area contributed by atoms with Crippen molar-refractivity contribution in [2.75, 3.05) is 13.1 Å². The maximum Gasteiger partial charge on any atom is 0.228 e. The quantitative estimate of drug-likeness (QED) is 0.509. The van der Waals surface area contributed by atoms with Crippen LogP contribution in [-0.2, 0) is 22.4 Å². The van der Waals surface area contributed by atoms with Crippen molar-refractivity contribution in [2.45, 2.75) is 77.4 Å². The van der Waals surface area contributed by atoms with E-state index in [1.54, 1.807) is 0 Å². The number of nitrogens with zero attached hydrogens (tertiary/aromatic N) is 1. The van der Waals surface area contributed by atoms with Crippen LogP contribution in [-0.4, -0.2) is 46.9 Å². The molecule has 4 atom stereocenters. The van der Waals surface area contributed by atoms with E-state index in [0.29, 0.717) is 25.3 Å². The predicted molar refractivity (Wildman–Crippen MR) is 135 cm³/mol. The van der Waals surface area contributed by atoms with E-state index >= 15 is 0 Å². The summed E-state index contributed by atoms with van der Waals surface area (Å²) in [6, 6.07) is 18.4. The zero-order valence-electron chi connectivity index (χ0n) is 21.0. The van der Waals surface area contributed by atoms with Gasteiger partial charge in [0.15, 0.2) is 0 Å². The zero-order valence-corrected chi connectivity index (χ0v) is 21.0. The highest BCUT2D eigenvalue weighted by molar-refractivity contribution is 5.81. The second-order valence-electron chi connectivity index (χ2n) is 10.8. The topological polar surface area (TPSA) is 61.8 Å². The molecule has 2 aromatic carbocycles. The van der Waals surface area contributed by atoms with Crippen molar-refractivity contribution in [2.24, 2.45) is 11.8 Å². The van der Waals surface area contributed by atoms with Gasteiger partial charge in [-0.3, -0.25) is 4.79 Å². The zero-order chi connectivity index (χ0) is 24.3. The molecule has 4 rings (SSSR count). The molecule has 0 spiro atoms. The van der Waals surface area contributed by atoms with Gasteiger partial charge in [-0.25, -0.2) is 0 Å². The summed E-state index contributed by atoms with van der Waals surface area (Å²) in [6.45, 7) is 9.76. The van der Waals surface area contributed by atoms with Crippen molar-refractivity contribution in [1.29, 1.82) is 0 Å². The van der Waals surface area contributed by atoms with Crippen LogP contribution in [0.15, 0.2) is 54.6 Å². The molecule has 0 unspecified atom stereocenters. The molecule has 5 heteroatoms. The molecular formula is C29H40N2O3. The number of fused-ring (bicyclic) bond motifs is 3. The Bertz CT molecular complexity index is 959. The van der Waals surface area contributed by atoms with Crippen molar-refractivity contribution in [3.8, 4) is 0 Å². The van der Waals surface area contributed by atoms with E-state index in [-0.39, 0.29) is 24.0 Å². The lowest BCUT2D eigenvalue weighted by Crippen LogP contribution is -2.48. The molecule has 0 bridgehead atoms. The highest BCUT2D eigenvalue weighted by atomic mass is 16.5. The number of benzene rings is 2. The van der Waals surface area contributed by atoms with Gasteiger partial charge in [0.05, 0.1) is 18.2 Å². The largest absolute Gasteiger partial charge is 0.392 e. The second-order valence-corrected chi connectivity index (χ2v) is 10.8. The maximum atomic E-state index is 14.2. The van der Waals surface area contributed by atoms with Gasteiger partial charge in [-0.2, -0.15) is 0 Å². The van der Waals surface area contributed by atoms with Crippen LogP contribution in [0, 0.1) is 11.8 Å². The van der Waals surface area contributed by atoms with Crippen LogP contribution >= 0.6 is 0 Å². The molecule has 1 heterocycles. The van der Waals surface area contributed by atoms with Gasteiger partial charge in [-0.1, -0.05) is 68.4 Å². The third-order valence-corrected chi connectivity index (χ3v) is 7.19. The number of hydrogen-bond acceptors (Lipinski definition) is 4. The van der Waals surface area contributed by atoms with Crippen LogP contribution in [0.1, 0.15) is 63.3 Å². The van der Waals surface area contributed by atoms with Gasteiger partial charge in [0.2, 0.25) is 5.91 Å². The Morgan fingerprint density at radius 1 is 1.15 bits per heavy atom. The average molecular weight is 465 g/mol. The summed E-state index contributed by atoms with van der Waals surface area (Å²) >= 11 is 0. The summed E-state index contributed by atoms with van der Waals surface area (Å²) in [7, 11) is 0. The first-order valence-electron chi connectivity index (χ1n) is 12.8. The molecule has 184 valence electrons. The van der Waals surface area contributed by atoms with E-state index < -0.39 is 11.8 Å². The van der Waals surface area contributed by atoms with Crippen LogP contribution in [0.25, 0.3) is 0 Å². The number of nitrogens with one attached hydrogen (secondary N) is 1. The van der Waals surface area contributed by atoms with Crippen LogP contribution in [0.4, 0.5) is 0 Å². The maximum absolute atomic E-state index is 14.2. The number of ether oxygens (including phenoxy) is 1. The average Bonchev–Trinajstić information content (AvgIpc) is 3.26. The number of carbonyl (C=O) groups is 1. The van der Waals surface area contributed by atoms with Crippen LogP contribution in [0.5, 0.6) is 0 Å². The van der Waals surface area contributed by atoms with Crippen LogP contribution < -0.4 is 5.32 Å². The van der Waals surface area contributed by atoms with Crippen molar-refractivity contribution < 1.29 is 14.6 Å². The van der Waals surface area contributed by atoms with E-state index in [4.69, 9.17) is 4.74 Å². The predicted octanol–water partition coefficient (Wildman–Crippen LogP) is 4.49. The third-order valence-electron chi connectivity index (χ3n) is 7.19. The Balaban J connectivity index is 1.54. The molecule has 2 aliphatic rings. The normalized spacial score (nSPS) is 22.5. The lowest BCUT2D eigenvalue weighted by atomic mass is 9.90. The van der Waals surface area contributed by atoms with Crippen molar-refractivity contribution in [3.05, 3.63) is 71.3 Å². The van der Waals surface area contributed by atoms with Gasteiger partial charge < -0.3 is 20.1 Å². The Morgan fingerprint density at radius 2 is 1.85 bits per heavy atom. The molecule has 1 saturated heterocycles. The highest BCUT2D eigenvalue weighted by Crippen LogP contribution is 2.49. The van der Waals surface area contributed by atoms with Gasteiger partial charge in [-0.05, 0) is 62.3 Å². The molecule has 2 aromatic rings. The number of hydrogen-bond donors (Lipinski definition) is 2. The molecule has 0 saturated carbocycles. The number of aliphatic hydroxyl groups is 1. The van der Waals surface area contributed by atoms with Crippen molar-refractivity contribution >= 4 is 5.91 Å². The molecular weight excluding hydrogens is 424 g/mol. The summed E-state index contributed by atoms with van der Waals surface area (Å²) in [4.78, 5) is 16.2. The van der Waals surface area contributed by atoms with E-state index in [9.17, 15) is 9.90 Å². The Labute approximate surface area is 204 Å². The molecule has 5 nitrogen and oxygen atoms in total. The Kier molecular flexibility index (Phi) is 7.76. The van der Waals surface area contributed by atoms with Gasteiger partial charge >= 0.3 is 0 Å². The fourth-order valence-corrected chi connectivity index (χ4v) is 5.55. The fourth-order valence-electron chi connectivity index (χ4n) is 5.55. The van der Waals surface area contributed by atoms with E-state index in [0.717, 1.165) is 24.9 Å². The number of amides is 1. The third kappa shape index (κ3) is 5.54. The van der Waals surface area contributed by atoms with E-state index in [2.05, 4.69) is 49.5 Å². The molecule has 34 heavy (non-hydrogen) atoms. The smallest absolute Gasteiger partial charge is 0.228 e. The highest BCUT2D eigenvalue weighted by Gasteiger charge is 2.54. The molecule has 2 N–H and O–H groups in total. The summed E-state index contributed by atoms with van der Waals surface area (Å²) < 4.78 is 6.43. The minimum atomic E-state index is -0.685. The number of carbonyl (C=O) groups excluding carboxylic acids is 1. The van der Waals surface area contributed by atoms with Crippen molar-refractivity contribution in [3.63, 3.8) is 0 Å². The summed E-state index contributed by atoms with van der Waals surface area (Å²) in [5, 5.41) is 14.2. The van der Waals surface area contributed by atoms with E-state index in [1.807, 2.05) is 43.0 Å². The molecule has 1 fully saturated rings. The van der Waals surface area contributed by atoms with Gasteiger partial charge in [0.25, 0.3) is 0 Å². The first-order valence-corrected chi connectivity index (χ1v) is 12.8. The summed E-state index contributed by atoms with van der Waals surface area (Å²) in [5.41, 5.74) is 2.89. The number of rotatable bonds is 10. The van der Waals surface area contributed by atoms with Crippen LogP contribution in [0.2, 0.25) is 0 Å². The standard InChI is InChI=1S/C29H40N2O3/c1-20(2)14-15-30-19-24(32)17-23(16-21-10-6-5-7-11-21)28(33)31-27-25-13-9-8-12-22(25)18-26(27)34-29(31,3)4/h5-13,20,23-24,26-27,30,32H,14-19H2,1-4H3/t23-,24+,26-,27+/m1/s1. The molecule has 1 aliphatic heterocycles. The lowest BCUT2D eigenvalue weighted by Gasteiger charge is -2.37. The fraction of sp³-hybridized carbons (Fsp3) is 0.552. The van der Waals surface area contributed by atoms with E-state index in [1.165, 1.54) is 11.1 Å². The summed E-state index contributed by atoms with van der Waals surface area (Å²) in [6.07, 6.45) is 2.34. The lowest BCUT2D eigenvalue weighted by molar-refractivity contribution is -0.153. The summed E-state index contributed by atoms with van der Waals surface area (Å²) in [5.74, 6) is 0.370. The Hall–Kier alpha value is -2.21. The molecule has 0 aromatic heterocycles. The SMILES string of the molecule is CC(C)CCNC[C@@H](O)C[C@@H](Cc1ccccc1)C(=O)N1[C@H]2c3ccccc3C[C@H]2OC1(C)C. The minimum Gasteiger partial charge on any atom is -0.392 e.